The van der Waals surface area contributed by atoms with Crippen LogP contribution in [-0.4, -0.2) is 28.0 Å². The van der Waals surface area contributed by atoms with Crippen molar-refractivity contribution in [2.75, 3.05) is 11.9 Å². The van der Waals surface area contributed by atoms with Crippen molar-refractivity contribution in [3.05, 3.63) is 12.1 Å². The molecule has 0 aliphatic carbocycles. The summed E-state index contributed by atoms with van der Waals surface area (Å²) < 4.78 is 36.7. The lowest BCUT2D eigenvalue weighted by molar-refractivity contribution is -0.131. The van der Waals surface area contributed by atoms with Crippen molar-refractivity contribution in [2.24, 2.45) is 4.99 Å². The molecule has 1 heterocycles. The number of rotatable bonds is 4. The number of thiocarbonyl (C=S) groups is 1. The van der Waals surface area contributed by atoms with Gasteiger partial charge >= 0.3 is 6.18 Å². The summed E-state index contributed by atoms with van der Waals surface area (Å²) in [6.07, 6.45) is -5.16. The third-order valence-electron chi connectivity index (χ3n) is 2.32. The largest absolute Gasteiger partial charge is 0.506 e. The van der Waals surface area contributed by atoms with Crippen LogP contribution in [0.4, 0.5) is 24.0 Å². The Balaban J connectivity index is 2.20. The average molecular weight is 319 g/mol. The zero-order chi connectivity index (χ0) is 14.8. The standard InChI is InChI=1S/C11H8F3N3OS2/c12-11(13,14)1-2-15-10-17-9-7(18)3-6(16-5-19)4-8(9)20-10/h3-4,18H,1-2H2,(H,15,17). The number of aromatic nitrogens is 1. The normalized spacial score (nSPS) is 11.3. The molecule has 9 heteroatoms. The molecule has 0 aliphatic heterocycles. The molecule has 4 nitrogen and oxygen atoms in total. The minimum atomic E-state index is -4.22. The second kappa shape index (κ2) is 5.74. The van der Waals surface area contributed by atoms with E-state index in [-0.39, 0.29) is 12.3 Å². The lowest BCUT2D eigenvalue weighted by atomic mass is 10.3. The van der Waals surface area contributed by atoms with Crippen molar-refractivity contribution in [1.82, 2.24) is 4.98 Å². The number of benzene rings is 1. The Morgan fingerprint density at radius 3 is 2.85 bits per heavy atom. The summed E-state index contributed by atoms with van der Waals surface area (Å²) in [6.45, 7) is -0.269. The van der Waals surface area contributed by atoms with Crippen LogP contribution in [0.1, 0.15) is 6.42 Å². The molecule has 2 rings (SSSR count). The lowest BCUT2D eigenvalue weighted by Gasteiger charge is -2.05. The van der Waals surface area contributed by atoms with E-state index in [9.17, 15) is 18.3 Å². The zero-order valence-electron chi connectivity index (χ0n) is 9.86. The van der Waals surface area contributed by atoms with Gasteiger partial charge in [0.2, 0.25) is 0 Å². The molecule has 0 amide bonds. The minimum absolute atomic E-state index is 0.105. The number of aromatic hydroxyl groups is 1. The molecule has 0 fully saturated rings. The Labute approximate surface area is 121 Å². The highest BCUT2D eigenvalue weighted by molar-refractivity contribution is 7.78. The summed E-state index contributed by atoms with van der Waals surface area (Å²) in [4.78, 5) is 7.77. The van der Waals surface area contributed by atoms with Crippen LogP contribution in [0.5, 0.6) is 5.75 Å². The molecule has 2 N–H and O–H groups in total. The highest BCUT2D eigenvalue weighted by Crippen LogP contribution is 2.35. The van der Waals surface area contributed by atoms with Gasteiger partial charge in [-0.2, -0.15) is 18.2 Å². The van der Waals surface area contributed by atoms with E-state index in [2.05, 4.69) is 32.7 Å². The molecular formula is C11H8F3N3OS2. The number of phenols is 1. The van der Waals surface area contributed by atoms with E-state index in [1.54, 1.807) is 6.07 Å². The number of phenolic OH excluding ortho intramolecular Hbond substituents is 1. The van der Waals surface area contributed by atoms with Crippen LogP contribution < -0.4 is 5.32 Å². The van der Waals surface area contributed by atoms with Crippen LogP contribution >= 0.6 is 23.6 Å². The quantitative estimate of drug-likeness (QED) is 0.658. The summed E-state index contributed by atoms with van der Waals surface area (Å²) in [7, 11) is 0. The van der Waals surface area contributed by atoms with Crippen molar-refractivity contribution < 1.29 is 18.3 Å². The Morgan fingerprint density at radius 2 is 2.20 bits per heavy atom. The van der Waals surface area contributed by atoms with E-state index in [1.165, 1.54) is 6.07 Å². The Bertz CT molecular complexity index is 677. The minimum Gasteiger partial charge on any atom is -0.506 e. The molecule has 20 heavy (non-hydrogen) atoms. The van der Waals surface area contributed by atoms with Gasteiger partial charge in [-0.1, -0.05) is 11.3 Å². The smallest absolute Gasteiger partial charge is 0.390 e. The average Bonchev–Trinajstić information content (AvgIpc) is 2.71. The van der Waals surface area contributed by atoms with Crippen LogP contribution in [-0.2, 0) is 0 Å². The molecular weight excluding hydrogens is 311 g/mol. The number of nitrogens with zero attached hydrogens (tertiary/aromatic N) is 2. The van der Waals surface area contributed by atoms with Gasteiger partial charge in [0.05, 0.1) is 22.0 Å². The van der Waals surface area contributed by atoms with Crippen LogP contribution in [0.3, 0.4) is 0 Å². The zero-order valence-corrected chi connectivity index (χ0v) is 11.5. The summed E-state index contributed by atoms with van der Waals surface area (Å²) >= 11 is 5.60. The highest BCUT2D eigenvalue weighted by atomic mass is 32.1. The fraction of sp³-hybridized carbons (Fsp3) is 0.273. The first kappa shape index (κ1) is 14.7. The predicted molar refractivity (Wildman–Crippen MR) is 75.1 cm³/mol. The topological polar surface area (TPSA) is 57.5 Å². The molecule has 0 radical (unpaired) electrons. The SMILES string of the molecule is Oc1cc(N=C=S)cc2sc(NCCC(F)(F)F)nc12. The first-order valence-electron chi connectivity index (χ1n) is 5.41. The van der Waals surface area contributed by atoms with Crippen LogP contribution in [0.2, 0.25) is 0 Å². The summed E-state index contributed by atoms with van der Waals surface area (Å²) in [5.41, 5.74) is 0.725. The predicted octanol–water partition coefficient (Wildman–Crippen LogP) is 4.10. The third-order valence-corrected chi connectivity index (χ3v) is 3.37. The molecule has 0 saturated heterocycles. The number of aliphatic imine (C=N–C) groups is 1. The number of nitrogens with one attached hydrogen (secondary N) is 1. The van der Waals surface area contributed by atoms with Crippen molar-refractivity contribution in [3.63, 3.8) is 0 Å². The number of hydrogen-bond acceptors (Lipinski definition) is 6. The number of halogens is 3. The highest BCUT2D eigenvalue weighted by Gasteiger charge is 2.26. The second-order valence-corrected chi connectivity index (χ2v) is 5.04. The molecule has 1 aromatic heterocycles. The molecule has 1 aromatic carbocycles. The monoisotopic (exact) mass is 319 g/mol. The number of fused-ring (bicyclic) bond motifs is 1. The van der Waals surface area contributed by atoms with Crippen molar-refractivity contribution in [2.45, 2.75) is 12.6 Å². The van der Waals surface area contributed by atoms with E-state index in [4.69, 9.17) is 0 Å². The van der Waals surface area contributed by atoms with E-state index >= 15 is 0 Å². The van der Waals surface area contributed by atoms with Crippen LogP contribution in [0.15, 0.2) is 17.1 Å². The fourth-order valence-corrected chi connectivity index (χ4v) is 2.55. The second-order valence-electron chi connectivity index (χ2n) is 3.83. The van der Waals surface area contributed by atoms with Crippen molar-refractivity contribution in [1.29, 1.82) is 0 Å². The van der Waals surface area contributed by atoms with E-state index in [1.807, 2.05) is 0 Å². The third kappa shape index (κ3) is 3.66. The number of hydrogen-bond donors (Lipinski definition) is 2. The molecule has 0 aliphatic rings. The molecule has 106 valence electrons. The maximum absolute atomic E-state index is 12.0. The van der Waals surface area contributed by atoms with E-state index in [0.717, 1.165) is 11.3 Å². The lowest BCUT2D eigenvalue weighted by Crippen LogP contribution is -2.14. The summed E-state index contributed by atoms with van der Waals surface area (Å²) in [5, 5.41) is 14.8. The van der Waals surface area contributed by atoms with Gasteiger partial charge in [0.25, 0.3) is 0 Å². The van der Waals surface area contributed by atoms with Gasteiger partial charge in [-0.15, -0.1) is 0 Å². The van der Waals surface area contributed by atoms with E-state index < -0.39 is 12.6 Å². The molecule has 0 atom stereocenters. The Morgan fingerprint density at radius 1 is 1.45 bits per heavy atom. The van der Waals surface area contributed by atoms with Gasteiger partial charge in [-0.25, -0.2) is 4.98 Å². The van der Waals surface area contributed by atoms with Crippen molar-refractivity contribution in [3.8, 4) is 5.75 Å². The number of thiazole rings is 1. The number of anilines is 1. The first-order valence-corrected chi connectivity index (χ1v) is 6.63. The van der Waals surface area contributed by atoms with Gasteiger partial charge in [-0.05, 0) is 18.3 Å². The number of isothiocyanates is 1. The molecule has 0 unspecified atom stereocenters. The molecule has 0 saturated carbocycles. The maximum Gasteiger partial charge on any atom is 0.390 e. The fourth-order valence-electron chi connectivity index (χ4n) is 1.50. The molecule has 2 aromatic rings. The Hall–Kier alpha value is -1.70. The molecule has 0 bridgehead atoms. The van der Waals surface area contributed by atoms with E-state index in [0.29, 0.717) is 21.0 Å². The number of alkyl halides is 3. The first-order chi connectivity index (χ1) is 9.39. The Kier molecular flexibility index (Phi) is 4.22. The van der Waals surface area contributed by atoms with Gasteiger partial charge in [0.1, 0.15) is 11.3 Å². The van der Waals surface area contributed by atoms with Gasteiger partial charge < -0.3 is 10.4 Å². The maximum atomic E-state index is 12.0. The van der Waals surface area contributed by atoms with Gasteiger partial charge in [0, 0.05) is 12.6 Å². The van der Waals surface area contributed by atoms with Gasteiger partial charge in [-0.3, -0.25) is 0 Å². The molecule has 0 spiro atoms. The van der Waals surface area contributed by atoms with Crippen molar-refractivity contribution >= 4 is 49.8 Å². The summed E-state index contributed by atoms with van der Waals surface area (Å²) in [5.74, 6) is -0.105. The summed E-state index contributed by atoms with van der Waals surface area (Å²) in [6, 6.07) is 2.99. The van der Waals surface area contributed by atoms with Crippen LogP contribution in [0.25, 0.3) is 10.2 Å². The van der Waals surface area contributed by atoms with Crippen LogP contribution in [0, 0.1) is 0 Å². The van der Waals surface area contributed by atoms with Gasteiger partial charge in [0.15, 0.2) is 5.13 Å².